The van der Waals surface area contributed by atoms with Crippen molar-refractivity contribution < 1.29 is 9.53 Å². The molecule has 0 bridgehead atoms. The van der Waals surface area contributed by atoms with Gasteiger partial charge in [0.15, 0.2) is 0 Å². The van der Waals surface area contributed by atoms with E-state index in [0.29, 0.717) is 25.9 Å². The van der Waals surface area contributed by atoms with E-state index >= 15 is 0 Å². The Morgan fingerprint density at radius 3 is 2.70 bits per heavy atom. The Morgan fingerprint density at radius 1 is 1.39 bits per heavy atom. The summed E-state index contributed by atoms with van der Waals surface area (Å²) in [5.74, 6) is -0.0230. The van der Waals surface area contributed by atoms with Crippen LogP contribution >= 0.6 is 0 Å². The van der Waals surface area contributed by atoms with Crippen LogP contribution in [-0.4, -0.2) is 52.1 Å². The molecule has 0 spiro atoms. The van der Waals surface area contributed by atoms with Crippen molar-refractivity contribution in [1.29, 1.82) is 5.26 Å². The molecule has 0 aromatic carbocycles. The average Bonchev–Trinajstić information content (AvgIpc) is 3.20. The molecule has 1 saturated heterocycles. The lowest BCUT2D eigenvalue weighted by Gasteiger charge is -2.33. The number of hydrogen-bond acceptors (Lipinski definition) is 5. The third-order valence-corrected chi connectivity index (χ3v) is 5.19. The first kappa shape index (κ1) is 15.9. The third-order valence-electron chi connectivity index (χ3n) is 5.19. The third kappa shape index (κ3) is 2.83. The Labute approximate surface area is 136 Å². The van der Waals surface area contributed by atoms with Gasteiger partial charge in [-0.05, 0) is 12.8 Å². The zero-order chi connectivity index (χ0) is 16.4. The van der Waals surface area contributed by atoms with E-state index in [1.54, 1.807) is 16.7 Å². The number of rotatable bonds is 3. The van der Waals surface area contributed by atoms with Crippen molar-refractivity contribution in [2.45, 2.75) is 44.1 Å². The van der Waals surface area contributed by atoms with E-state index in [1.807, 2.05) is 13.2 Å². The van der Waals surface area contributed by atoms with Gasteiger partial charge in [-0.15, -0.1) is 5.10 Å². The summed E-state index contributed by atoms with van der Waals surface area (Å²) in [6, 6.07) is 2.32. The molecule has 23 heavy (non-hydrogen) atoms. The van der Waals surface area contributed by atoms with Crippen LogP contribution in [0.3, 0.4) is 0 Å². The van der Waals surface area contributed by atoms with Gasteiger partial charge in [-0.3, -0.25) is 9.48 Å². The van der Waals surface area contributed by atoms with Crippen LogP contribution in [0.4, 0.5) is 0 Å². The first-order valence-corrected chi connectivity index (χ1v) is 8.19. The van der Waals surface area contributed by atoms with Crippen molar-refractivity contribution in [2.24, 2.45) is 12.5 Å². The minimum atomic E-state index is -0.839. The molecule has 1 saturated carbocycles. The largest absolute Gasteiger partial charge is 0.379 e. The maximum atomic E-state index is 13.0. The van der Waals surface area contributed by atoms with Crippen molar-refractivity contribution in [3.05, 3.63) is 11.9 Å². The molecule has 3 rings (SSSR count). The first-order valence-electron chi connectivity index (χ1n) is 8.19. The molecule has 1 aliphatic heterocycles. The van der Waals surface area contributed by atoms with Crippen molar-refractivity contribution in [3.8, 4) is 6.07 Å². The highest BCUT2D eigenvalue weighted by Gasteiger charge is 2.47. The molecule has 2 heterocycles. The molecule has 124 valence electrons. The lowest BCUT2D eigenvalue weighted by atomic mass is 9.74. The number of nitriles is 1. The Hall–Kier alpha value is -1.94. The number of likely N-dealkylation sites (tertiary alicyclic amines) is 1. The lowest BCUT2D eigenvalue weighted by molar-refractivity contribution is -0.139. The molecule has 1 aromatic heterocycles. The maximum absolute atomic E-state index is 13.0. The van der Waals surface area contributed by atoms with Gasteiger partial charge < -0.3 is 9.64 Å². The van der Waals surface area contributed by atoms with Crippen molar-refractivity contribution in [1.82, 2.24) is 19.9 Å². The van der Waals surface area contributed by atoms with Crippen LogP contribution in [0.2, 0.25) is 0 Å². The molecule has 2 fully saturated rings. The zero-order valence-corrected chi connectivity index (χ0v) is 13.7. The molecule has 0 radical (unpaired) electrons. The van der Waals surface area contributed by atoms with Gasteiger partial charge in [-0.25, -0.2) is 0 Å². The number of carbonyl (C=O) groups excluding carboxylic acids is 1. The maximum Gasteiger partial charge on any atom is 0.243 e. The van der Waals surface area contributed by atoms with Gasteiger partial charge in [0.05, 0.1) is 23.8 Å². The molecular formula is C16H23N5O2. The van der Waals surface area contributed by atoms with E-state index in [9.17, 15) is 10.1 Å². The van der Waals surface area contributed by atoms with Gasteiger partial charge in [0.2, 0.25) is 5.91 Å². The SMILES string of the molecule is CO[C@@H]1CN(C(=O)C2(C#N)CCCCC2)C[C@H]1c1cn(C)nn1. The number of nitrogens with zero attached hydrogens (tertiary/aromatic N) is 5. The second kappa shape index (κ2) is 6.28. The molecule has 1 aromatic rings. The fourth-order valence-electron chi connectivity index (χ4n) is 3.83. The van der Waals surface area contributed by atoms with Crippen LogP contribution in [0.1, 0.15) is 43.7 Å². The summed E-state index contributed by atoms with van der Waals surface area (Å²) in [5, 5.41) is 17.8. The molecule has 0 N–H and O–H groups in total. The fraction of sp³-hybridized carbons (Fsp3) is 0.750. The van der Waals surface area contributed by atoms with E-state index in [1.165, 1.54) is 0 Å². The van der Waals surface area contributed by atoms with Crippen molar-refractivity contribution >= 4 is 5.91 Å². The lowest BCUT2D eigenvalue weighted by Crippen LogP contribution is -2.43. The highest BCUT2D eigenvalue weighted by molar-refractivity contribution is 5.86. The topological polar surface area (TPSA) is 84.0 Å². The summed E-state index contributed by atoms with van der Waals surface area (Å²) in [4.78, 5) is 14.8. The summed E-state index contributed by atoms with van der Waals surface area (Å²) in [6.45, 7) is 1.06. The smallest absolute Gasteiger partial charge is 0.243 e. The zero-order valence-electron chi connectivity index (χ0n) is 13.7. The van der Waals surface area contributed by atoms with Crippen molar-refractivity contribution in [3.63, 3.8) is 0 Å². The fourth-order valence-corrected chi connectivity index (χ4v) is 3.83. The van der Waals surface area contributed by atoms with Crippen LogP contribution in [0.25, 0.3) is 0 Å². The quantitative estimate of drug-likeness (QED) is 0.837. The number of aryl methyl sites for hydroxylation is 1. The minimum Gasteiger partial charge on any atom is -0.379 e. The number of ether oxygens (including phenoxy) is 1. The number of carbonyl (C=O) groups is 1. The monoisotopic (exact) mass is 317 g/mol. The number of hydrogen-bond donors (Lipinski definition) is 0. The van der Waals surface area contributed by atoms with Gasteiger partial charge in [0, 0.05) is 33.4 Å². The normalized spacial score (nSPS) is 26.9. The van der Waals surface area contributed by atoms with E-state index in [0.717, 1.165) is 25.0 Å². The van der Waals surface area contributed by atoms with Gasteiger partial charge in [-0.1, -0.05) is 24.5 Å². The second-order valence-electron chi connectivity index (χ2n) is 6.66. The average molecular weight is 317 g/mol. The second-order valence-corrected chi connectivity index (χ2v) is 6.66. The molecule has 7 heteroatoms. The van der Waals surface area contributed by atoms with E-state index in [4.69, 9.17) is 4.74 Å². The van der Waals surface area contributed by atoms with Gasteiger partial charge in [0.25, 0.3) is 0 Å². The molecule has 1 aliphatic carbocycles. The molecule has 7 nitrogen and oxygen atoms in total. The number of aromatic nitrogens is 3. The van der Waals surface area contributed by atoms with Crippen LogP contribution in [-0.2, 0) is 16.6 Å². The Kier molecular flexibility index (Phi) is 4.35. The highest BCUT2D eigenvalue weighted by Crippen LogP contribution is 2.39. The van der Waals surface area contributed by atoms with Crippen LogP contribution in [0.5, 0.6) is 0 Å². The Morgan fingerprint density at radius 2 is 2.13 bits per heavy atom. The van der Waals surface area contributed by atoms with Crippen molar-refractivity contribution in [2.75, 3.05) is 20.2 Å². The van der Waals surface area contributed by atoms with Crippen LogP contribution < -0.4 is 0 Å². The van der Waals surface area contributed by atoms with Gasteiger partial charge in [0.1, 0.15) is 5.41 Å². The molecule has 1 amide bonds. The minimum absolute atomic E-state index is 0.0111. The summed E-state index contributed by atoms with van der Waals surface area (Å²) in [7, 11) is 3.48. The van der Waals surface area contributed by atoms with Gasteiger partial charge >= 0.3 is 0 Å². The Bertz CT molecular complexity index is 614. The molecule has 0 unspecified atom stereocenters. The highest BCUT2D eigenvalue weighted by atomic mass is 16.5. The Balaban J connectivity index is 1.79. The summed E-state index contributed by atoms with van der Waals surface area (Å²) >= 11 is 0. The first-order chi connectivity index (χ1) is 11.1. The predicted molar refractivity (Wildman–Crippen MR) is 82.3 cm³/mol. The van der Waals surface area contributed by atoms with Crippen LogP contribution in [0.15, 0.2) is 6.20 Å². The number of amides is 1. The van der Waals surface area contributed by atoms with E-state index in [2.05, 4.69) is 16.4 Å². The summed E-state index contributed by atoms with van der Waals surface area (Å²) in [6.07, 6.45) is 6.13. The van der Waals surface area contributed by atoms with E-state index < -0.39 is 5.41 Å². The molecule has 2 aliphatic rings. The summed E-state index contributed by atoms with van der Waals surface area (Å²) < 4.78 is 7.23. The van der Waals surface area contributed by atoms with E-state index in [-0.39, 0.29) is 17.9 Å². The van der Waals surface area contributed by atoms with Crippen LogP contribution in [0, 0.1) is 16.7 Å². The molecular weight excluding hydrogens is 294 g/mol. The predicted octanol–water partition coefficient (Wildman–Crippen LogP) is 1.23. The standard InChI is InChI=1S/C16H23N5O2/c1-20-9-13(18-19-20)12-8-21(10-14(12)23-2)15(22)16(11-17)6-4-3-5-7-16/h9,12,14H,3-8,10H2,1-2H3/t12-,14+/m0/s1. The molecule has 2 atom stereocenters. The van der Waals surface area contributed by atoms with Gasteiger partial charge in [-0.2, -0.15) is 5.26 Å². The number of methoxy groups -OCH3 is 1. The summed E-state index contributed by atoms with van der Waals surface area (Å²) in [5.41, 5.74) is -0.00217.